The highest BCUT2D eigenvalue weighted by molar-refractivity contribution is 5.16. The molecular formula is C14H22N2O. The second-order valence-electron chi connectivity index (χ2n) is 6.04. The molecule has 3 rings (SSSR count). The molecule has 0 bridgehead atoms. The first-order valence-corrected chi connectivity index (χ1v) is 6.85. The first-order chi connectivity index (χ1) is 8.14. The van der Waals surface area contributed by atoms with Crippen molar-refractivity contribution in [3.8, 4) is 0 Å². The number of aromatic nitrogens is 2. The zero-order valence-electron chi connectivity index (χ0n) is 10.9. The van der Waals surface area contributed by atoms with Crippen LogP contribution in [0.3, 0.4) is 0 Å². The van der Waals surface area contributed by atoms with Gasteiger partial charge in [-0.1, -0.05) is 0 Å². The van der Waals surface area contributed by atoms with E-state index in [-0.39, 0.29) is 5.60 Å². The molecule has 3 nitrogen and oxygen atoms in total. The molecule has 94 valence electrons. The van der Waals surface area contributed by atoms with E-state index in [2.05, 4.69) is 23.4 Å². The van der Waals surface area contributed by atoms with Crippen molar-refractivity contribution < 1.29 is 4.74 Å². The zero-order valence-corrected chi connectivity index (χ0v) is 10.9. The Morgan fingerprint density at radius 2 is 2.24 bits per heavy atom. The van der Waals surface area contributed by atoms with Gasteiger partial charge in [0, 0.05) is 5.69 Å². The quantitative estimate of drug-likeness (QED) is 0.786. The lowest BCUT2D eigenvalue weighted by Crippen LogP contribution is -2.23. The summed E-state index contributed by atoms with van der Waals surface area (Å²) in [4.78, 5) is 4.54. The van der Waals surface area contributed by atoms with Gasteiger partial charge < -0.3 is 9.30 Å². The van der Waals surface area contributed by atoms with Gasteiger partial charge in [0.15, 0.2) is 0 Å². The highest BCUT2D eigenvalue weighted by atomic mass is 16.5. The van der Waals surface area contributed by atoms with Gasteiger partial charge in [0.1, 0.15) is 0 Å². The van der Waals surface area contributed by atoms with Crippen LogP contribution in [0.15, 0.2) is 6.33 Å². The van der Waals surface area contributed by atoms with Crippen molar-refractivity contribution in [3.63, 3.8) is 0 Å². The smallest absolute Gasteiger partial charge is 0.0952 e. The van der Waals surface area contributed by atoms with Crippen molar-refractivity contribution in [3.05, 3.63) is 17.7 Å². The van der Waals surface area contributed by atoms with Crippen molar-refractivity contribution in [2.24, 2.45) is 0 Å². The van der Waals surface area contributed by atoms with E-state index in [1.54, 1.807) is 0 Å². The van der Waals surface area contributed by atoms with Crippen molar-refractivity contribution in [2.45, 2.75) is 70.6 Å². The van der Waals surface area contributed by atoms with Crippen molar-refractivity contribution in [1.82, 2.24) is 9.55 Å². The molecular weight excluding hydrogens is 212 g/mol. The molecule has 1 saturated heterocycles. The molecule has 0 saturated carbocycles. The summed E-state index contributed by atoms with van der Waals surface area (Å²) in [6.07, 6.45) is 9.74. The van der Waals surface area contributed by atoms with Crippen molar-refractivity contribution in [2.75, 3.05) is 0 Å². The molecule has 0 amide bonds. The fourth-order valence-corrected chi connectivity index (χ4v) is 3.11. The Balaban J connectivity index is 1.71. The molecule has 1 unspecified atom stereocenters. The molecule has 0 radical (unpaired) electrons. The van der Waals surface area contributed by atoms with Gasteiger partial charge in [-0.15, -0.1) is 0 Å². The molecule has 1 atom stereocenters. The van der Waals surface area contributed by atoms with E-state index >= 15 is 0 Å². The van der Waals surface area contributed by atoms with Crippen LogP contribution in [-0.4, -0.2) is 21.3 Å². The summed E-state index contributed by atoms with van der Waals surface area (Å²) in [6.45, 7) is 5.37. The molecule has 1 fully saturated rings. The first-order valence-electron chi connectivity index (χ1n) is 6.85. The van der Waals surface area contributed by atoms with Crippen molar-refractivity contribution >= 4 is 0 Å². The number of ether oxygens (including phenoxy) is 1. The van der Waals surface area contributed by atoms with Crippen LogP contribution in [0.4, 0.5) is 0 Å². The number of hydrogen-bond acceptors (Lipinski definition) is 2. The van der Waals surface area contributed by atoms with Gasteiger partial charge in [-0.2, -0.15) is 0 Å². The summed E-state index contributed by atoms with van der Waals surface area (Å²) in [5, 5.41) is 0. The van der Waals surface area contributed by atoms with Crippen LogP contribution >= 0.6 is 0 Å². The second-order valence-corrected chi connectivity index (χ2v) is 6.04. The van der Waals surface area contributed by atoms with E-state index in [9.17, 15) is 0 Å². The van der Waals surface area contributed by atoms with Crippen LogP contribution in [-0.2, 0) is 24.1 Å². The monoisotopic (exact) mass is 234 g/mol. The summed E-state index contributed by atoms with van der Waals surface area (Å²) < 4.78 is 8.40. The van der Waals surface area contributed by atoms with E-state index in [0.29, 0.717) is 6.10 Å². The molecule has 1 aliphatic carbocycles. The van der Waals surface area contributed by atoms with Gasteiger partial charge >= 0.3 is 0 Å². The van der Waals surface area contributed by atoms with Crippen LogP contribution < -0.4 is 0 Å². The largest absolute Gasteiger partial charge is 0.370 e. The standard InChI is InChI=1S/C14H22N2O/c1-14(2)8-7-11(17-14)9-16-10-15-12-5-3-4-6-13(12)16/h10-11H,3-9H2,1-2H3. The SMILES string of the molecule is CC1(C)CCC(Cn2cnc3c2CCCC3)O1. The third-order valence-electron chi connectivity index (χ3n) is 4.06. The summed E-state index contributed by atoms with van der Waals surface area (Å²) in [5.41, 5.74) is 2.86. The van der Waals surface area contributed by atoms with Gasteiger partial charge in [-0.3, -0.25) is 0 Å². The molecule has 1 aromatic rings. The Kier molecular flexibility index (Phi) is 2.74. The number of rotatable bonds is 2. The Labute approximate surface area is 103 Å². The van der Waals surface area contributed by atoms with Gasteiger partial charge in [-0.25, -0.2) is 4.98 Å². The summed E-state index contributed by atoms with van der Waals surface area (Å²) >= 11 is 0. The Morgan fingerprint density at radius 1 is 1.41 bits per heavy atom. The summed E-state index contributed by atoms with van der Waals surface area (Å²) in [6, 6.07) is 0. The number of nitrogens with zero attached hydrogens (tertiary/aromatic N) is 2. The molecule has 0 spiro atoms. The Bertz CT molecular complexity index is 408. The molecule has 1 aromatic heterocycles. The summed E-state index contributed by atoms with van der Waals surface area (Å²) in [7, 11) is 0. The van der Waals surface area contributed by atoms with Crippen LogP contribution in [0.1, 0.15) is 50.9 Å². The van der Waals surface area contributed by atoms with E-state index in [1.807, 2.05) is 6.33 Å². The van der Waals surface area contributed by atoms with E-state index in [4.69, 9.17) is 4.74 Å². The molecule has 2 aliphatic rings. The first kappa shape index (κ1) is 11.3. The molecule has 1 aliphatic heterocycles. The number of aryl methyl sites for hydroxylation is 1. The lowest BCUT2D eigenvalue weighted by atomic mass is 10.0. The minimum absolute atomic E-state index is 0.0747. The minimum atomic E-state index is 0.0747. The number of fused-ring (bicyclic) bond motifs is 1. The second kappa shape index (κ2) is 4.13. The molecule has 17 heavy (non-hydrogen) atoms. The van der Waals surface area contributed by atoms with Gasteiger partial charge in [0.25, 0.3) is 0 Å². The molecule has 3 heteroatoms. The maximum Gasteiger partial charge on any atom is 0.0952 e. The normalized spacial score (nSPS) is 27.1. The average molecular weight is 234 g/mol. The Hall–Kier alpha value is -0.830. The predicted molar refractivity (Wildman–Crippen MR) is 67.1 cm³/mol. The third-order valence-corrected chi connectivity index (χ3v) is 4.06. The van der Waals surface area contributed by atoms with E-state index < -0.39 is 0 Å². The lowest BCUT2D eigenvalue weighted by Gasteiger charge is -2.21. The highest BCUT2D eigenvalue weighted by Gasteiger charge is 2.32. The van der Waals surface area contributed by atoms with Gasteiger partial charge in [0.2, 0.25) is 0 Å². The van der Waals surface area contributed by atoms with Crippen LogP contribution in [0, 0.1) is 0 Å². The van der Waals surface area contributed by atoms with Gasteiger partial charge in [-0.05, 0) is 52.4 Å². The summed E-state index contributed by atoms with van der Waals surface area (Å²) in [5.74, 6) is 0. The molecule has 0 aromatic carbocycles. The molecule has 2 heterocycles. The highest BCUT2D eigenvalue weighted by Crippen LogP contribution is 2.31. The fourth-order valence-electron chi connectivity index (χ4n) is 3.11. The predicted octanol–water partition coefficient (Wildman–Crippen LogP) is 2.72. The topological polar surface area (TPSA) is 27.1 Å². The number of imidazole rings is 1. The van der Waals surface area contributed by atoms with Crippen molar-refractivity contribution in [1.29, 1.82) is 0 Å². The minimum Gasteiger partial charge on any atom is -0.370 e. The maximum absolute atomic E-state index is 6.06. The third kappa shape index (κ3) is 2.25. The number of hydrogen-bond donors (Lipinski definition) is 0. The molecule has 0 N–H and O–H groups in total. The fraction of sp³-hybridized carbons (Fsp3) is 0.786. The van der Waals surface area contributed by atoms with E-state index in [1.165, 1.54) is 49.9 Å². The van der Waals surface area contributed by atoms with Crippen LogP contribution in [0.5, 0.6) is 0 Å². The van der Waals surface area contributed by atoms with Crippen LogP contribution in [0.2, 0.25) is 0 Å². The maximum atomic E-state index is 6.06. The average Bonchev–Trinajstić information content (AvgIpc) is 2.84. The van der Waals surface area contributed by atoms with Crippen LogP contribution in [0.25, 0.3) is 0 Å². The Morgan fingerprint density at radius 3 is 3.00 bits per heavy atom. The zero-order chi connectivity index (χ0) is 11.9. The van der Waals surface area contributed by atoms with Gasteiger partial charge in [0.05, 0.1) is 30.3 Å². The lowest BCUT2D eigenvalue weighted by molar-refractivity contribution is -0.0219. The van der Waals surface area contributed by atoms with E-state index in [0.717, 1.165) is 6.54 Å².